The van der Waals surface area contributed by atoms with E-state index in [2.05, 4.69) is 5.32 Å². The Morgan fingerprint density at radius 3 is 2.53 bits per heavy atom. The van der Waals surface area contributed by atoms with E-state index < -0.39 is 18.9 Å². The highest BCUT2D eigenvalue weighted by atomic mass is 19.3. The molecule has 0 radical (unpaired) electrons. The van der Waals surface area contributed by atoms with Crippen LogP contribution >= 0.6 is 0 Å². The predicted octanol–water partition coefficient (Wildman–Crippen LogP) is 2.20. The molecule has 2 heterocycles. The van der Waals surface area contributed by atoms with Gasteiger partial charge in [0, 0.05) is 25.9 Å². The van der Waals surface area contributed by atoms with Crippen LogP contribution in [0.5, 0.6) is 0 Å². The Labute approximate surface area is 109 Å². The van der Waals surface area contributed by atoms with Crippen molar-refractivity contribution in [3.63, 3.8) is 0 Å². The molecule has 19 heavy (non-hydrogen) atoms. The van der Waals surface area contributed by atoms with Gasteiger partial charge in [-0.15, -0.1) is 0 Å². The molecule has 1 N–H and O–H groups in total. The third-order valence-corrected chi connectivity index (χ3v) is 3.84. The first kappa shape index (κ1) is 15.0. The van der Waals surface area contributed by atoms with Gasteiger partial charge in [-0.05, 0) is 25.7 Å². The van der Waals surface area contributed by atoms with E-state index in [4.69, 9.17) is 9.47 Å². The summed E-state index contributed by atoms with van der Waals surface area (Å²) in [5.74, 6) is -3.97. The minimum Gasteiger partial charge on any atom is -0.381 e. The maximum atomic E-state index is 12.9. The number of alkyl halides is 4. The molecule has 2 saturated heterocycles. The van der Waals surface area contributed by atoms with Gasteiger partial charge < -0.3 is 14.8 Å². The average Bonchev–Trinajstić information content (AvgIpc) is 2.37. The lowest BCUT2D eigenvalue weighted by molar-refractivity contribution is -0.148. The molecule has 112 valence electrons. The molecule has 0 amide bonds. The van der Waals surface area contributed by atoms with E-state index in [1.807, 2.05) is 0 Å². The average molecular weight is 285 g/mol. The maximum Gasteiger partial charge on any atom is 0.319 e. The Bertz CT molecular complexity index is 290. The number of ether oxygens (including phenoxy) is 2. The second-order valence-corrected chi connectivity index (χ2v) is 5.28. The molecule has 3 nitrogen and oxygen atoms in total. The summed E-state index contributed by atoms with van der Waals surface area (Å²) in [4.78, 5) is 0. The lowest BCUT2D eigenvalue weighted by Crippen LogP contribution is -2.52. The Morgan fingerprint density at radius 2 is 1.89 bits per heavy atom. The summed E-state index contributed by atoms with van der Waals surface area (Å²) in [6, 6.07) is -0.198. The molecule has 0 saturated carbocycles. The zero-order valence-electron chi connectivity index (χ0n) is 10.6. The van der Waals surface area contributed by atoms with Crippen LogP contribution in [0.3, 0.4) is 0 Å². The minimum absolute atomic E-state index is 0.198. The number of nitrogens with one attached hydrogen (secondary N) is 1. The van der Waals surface area contributed by atoms with Crippen molar-refractivity contribution in [3.8, 4) is 0 Å². The highest BCUT2D eigenvalue weighted by Gasteiger charge is 2.43. The van der Waals surface area contributed by atoms with Crippen molar-refractivity contribution >= 4 is 0 Å². The zero-order chi connectivity index (χ0) is 13.9. The zero-order valence-corrected chi connectivity index (χ0v) is 10.6. The van der Waals surface area contributed by atoms with Gasteiger partial charge in [0.15, 0.2) is 0 Å². The molecule has 0 aromatic rings. The second kappa shape index (κ2) is 5.93. The lowest BCUT2D eigenvalue weighted by atomic mass is 9.84. The Balaban J connectivity index is 1.84. The van der Waals surface area contributed by atoms with Gasteiger partial charge in [0.1, 0.15) is 0 Å². The number of hydrogen-bond acceptors (Lipinski definition) is 3. The SMILES string of the molecule is FC(F)C(F)(F)CNC1CCOC2(CCOCC2)C1. The van der Waals surface area contributed by atoms with Crippen molar-refractivity contribution in [2.75, 3.05) is 26.4 Å². The Hall–Kier alpha value is -0.400. The maximum absolute atomic E-state index is 12.9. The molecular formula is C12H19F4NO2. The van der Waals surface area contributed by atoms with Gasteiger partial charge in [0.2, 0.25) is 0 Å². The Morgan fingerprint density at radius 1 is 1.21 bits per heavy atom. The van der Waals surface area contributed by atoms with Crippen molar-refractivity contribution in [1.29, 1.82) is 0 Å². The molecule has 2 aliphatic heterocycles. The molecule has 2 rings (SSSR count). The molecule has 2 aliphatic rings. The van der Waals surface area contributed by atoms with Gasteiger partial charge in [-0.25, -0.2) is 8.78 Å². The van der Waals surface area contributed by atoms with Crippen LogP contribution in [0.25, 0.3) is 0 Å². The smallest absolute Gasteiger partial charge is 0.319 e. The van der Waals surface area contributed by atoms with Gasteiger partial charge in [-0.1, -0.05) is 0 Å². The molecule has 1 atom stereocenters. The number of hydrogen-bond donors (Lipinski definition) is 1. The first-order chi connectivity index (χ1) is 8.94. The first-order valence-corrected chi connectivity index (χ1v) is 6.55. The molecule has 1 unspecified atom stereocenters. The van der Waals surface area contributed by atoms with Crippen LogP contribution in [0.1, 0.15) is 25.7 Å². The molecule has 2 fully saturated rings. The van der Waals surface area contributed by atoms with Crippen LogP contribution in [0.2, 0.25) is 0 Å². The van der Waals surface area contributed by atoms with E-state index in [-0.39, 0.29) is 11.6 Å². The van der Waals surface area contributed by atoms with Crippen molar-refractivity contribution in [2.45, 2.75) is 49.7 Å². The van der Waals surface area contributed by atoms with Crippen LogP contribution in [0.15, 0.2) is 0 Å². The van der Waals surface area contributed by atoms with Crippen molar-refractivity contribution in [1.82, 2.24) is 5.32 Å². The topological polar surface area (TPSA) is 30.5 Å². The highest BCUT2D eigenvalue weighted by Crippen LogP contribution is 2.34. The van der Waals surface area contributed by atoms with Gasteiger partial charge in [-0.3, -0.25) is 0 Å². The third-order valence-electron chi connectivity index (χ3n) is 3.84. The van der Waals surface area contributed by atoms with Crippen LogP contribution in [-0.4, -0.2) is 50.4 Å². The van der Waals surface area contributed by atoms with Crippen molar-refractivity contribution in [2.24, 2.45) is 0 Å². The van der Waals surface area contributed by atoms with Gasteiger partial charge in [-0.2, -0.15) is 8.78 Å². The van der Waals surface area contributed by atoms with Gasteiger partial charge in [0.25, 0.3) is 0 Å². The summed E-state index contributed by atoms with van der Waals surface area (Å²) in [6.07, 6.45) is -1.01. The van der Waals surface area contributed by atoms with E-state index in [1.165, 1.54) is 0 Å². The van der Waals surface area contributed by atoms with Gasteiger partial charge >= 0.3 is 12.3 Å². The molecule has 0 aromatic heterocycles. The fourth-order valence-electron chi connectivity index (χ4n) is 2.65. The number of rotatable bonds is 4. The van der Waals surface area contributed by atoms with Crippen LogP contribution < -0.4 is 5.32 Å². The molecular weight excluding hydrogens is 266 g/mol. The summed E-state index contributed by atoms with van der Waals surface area (Å²) < 4.78 is 60.9. The summed E-state index contributed by atoms with van der Waals surface area (Å²) >= 11 is 0. The van der Waals surface area contributed by atoms with Gasteiger partial charge in [0.05, 0.1) is 12.1 Å². The predicted molar refractivity (Wildman–Crippen MR) is 60.7 cm³/mol. The first-order valence-electron chi connectivity index (χ1n) is 6.55. The molecule has 0 aliphatic carbocycles. The fraction of sp³-hybridized carbons (Fsp3) is 1.00. The van der Waals surface area contributed by atoms with E-state index in [0.29, 0.717) is 32.7 Å². The monoisotopic (exact) mass is 285 g/mol. The summed E-state index contributed by atoms with van der Waals surface area (Å²) in [5.41, 5.74) is -0.325. The third kappa shape index (κ3) is 3.79. The second-order valence-electron chi connectivity index (χ2n) is 5.28. The molecule has 0 aromatic carbocycles. The minimum atomic E-state index is -3.97. The highest BCUT2D eigenvalue weighted by molar-refractivity contribution is 4.92. The summed E-state index contributed by atoms with van der Waals surface area (Å²) in [6.45, 7) is 0.680. The quantitative estimate of drug-likeness (QED) is 0.803. The fourth-order valence-corrected chi connectivity index (χ4v) is 2.65. The largest absolute Gasteiger partial charge is 0.381 e. The van der Waals surface area contributed by atoms with Crippen molar-refractivity contribution in [3.05, 3.63) is 0 Å². The number of halogens is 4. The van der Waals surface area contributed by atoms with E-state index in [9.17, 15) is 17.6 Å². The Kier molecular flexibility index (Phi) is 4.68. The lowest BCUT2D eigenvalue weighted by Gasteiger charge is -2.43. The molecule has 0 bridgehead atoms. The molecule has 7 heteroatoms. The molecule has 1 spiro atoms. The summed E-state index contributed by atoms with van der Waals surface area (Å²) in [5, 5.41) is 2.56. The van der Waals surface area contributed by atoms with Crippen LogP contribution in [-0.2, 0) is 9.47 Å². The van der Waals surface area contributed by atoms with Crippen molar-refractivity contribution < 1.29 is 27.0 Å². The summed E-state index contributed by atoms with van der Waals surface area (Å²) in [7, 11) is 0. The van der Waals surface area contributed by atoms with Crippen LogP contribution in [0, 0.1) is 0 Å². The van der Waals surface area contributed by atoms with E-state index in [0.717, 1.165) is 12.8 Å². The standard InChI is InChI=1S/C12H19F4NO2/c13-10(14)12(15,16)8-17-9-1-4-19-11(7-9)2-5-18-6-3-11/h9-10,17H,1-8H2. The van der Waals surface area contributed by atoms with E-state index >= 15 is 0 Å². The van der Waals surface area contributed by atoms with Crippen LogP contribution in [0.4, 0.5) is 17.6 Å². The normalized spacial score (nSPS) is 27.9. The van der Waals surface area contributed by atoms with E-state index in [1.54, 1.807) is 0 Å².